The van der Waals surface area contributed by atoms with Crippen molar-refractivity contribution in [1.82, 2.24) is 16.2 Å². The van der Waals surface area contributed by atoms with E-state index in [0.717, 1.165) is 22.4 Å². The van der Waals surface area contributed by atoms with Crippen molar-refractivity contribution in [2.24, 2.45) is 5.92 Å². The summed E-state index contributed by atoms with van der Waals surface area (Å²) in [5, 5.41) is 3.08. The Balaban J connectivity index is 1.55. The molecule has 0 bridgehead atoms. The van der Waals surface area contributed by atoms with Gasteiger partial charge >= 0.3 is 0 Å². The smallest absolute Gasteiger partial charge is 0.239 e. The highest BCUT2D eigenvalue weighted by molar-refractivity contribution is 9.10. The molecule has 3 rings (SSSR count). The normalized spacial score (nSPS) is 27.3. The number of halogens is 1. The predicted octanol–water partition coefficient (Wildman–Crippen LogP) is 2.27. The lowest BCUT2D eigenvalue weighted by atomic mass is 10.0. The summed E-state index contributed by atoms with van der Waals surface area (Å²) in [5.41, 5.74) is 7.49. The summed E-state index contributed by atoms with van der Waals surface area (Å²) in [4.78, 5) is 12.3. The van der Waals surface area contributed by atoms with Crippen molar-refractivity contribution in [1.29, 1.82) is 0 Å². The lowest BCUT2D eigenvalue weighted by Crippen LogP contribution is -2.44. The van der Waals surface area contributed by atoms with Crippen molar-refractivity contribution in [3.63, 3.8) is 0 Å². The van der Waals surface area contributed by atoms with Crippen LogP contribution in [-0.2, 0) is 4.79 Å². The van der Waals surface area contributed by atoms with Gasteiger partial charge in [-0.25, -0.2) is 5.43 Å². The van der Waals surface area contributed by atoms with Crippen LogP contribution in [0.3, 0.4) is 0 Å². The molecule has 5 heteroatoms. The van der Waals surface area contributed by atoms with Gasteiger partial charge in [-0.05, 0) is 49.8 Å². The highest BCUT2D eigenvalue weighted by Crippen LogP contribution is 2.35. The van der Waals surface area contributed by atoms with Gasteiger partial charge in [0, 0.05) is 10.5 Å². The molecule has 3 atom stereocenters. The van der Waals surface area contributed by atoms with E-state index < -0.39 is 0 Å². The Bertz CT molecular complexity index is 504. The summed E-state index contributed by atoms with van der Waals surface area (Å²) in [7, 11) is 0. The van der Waals surface area contributed by atoms with Crippen molar-refractivity contribution in [2.45, 2.75) is 44.3 Å². The molecule has 1 amide bonds. The fourth-order valence-electron chi connectivity index (χ4n) is 2.73. The summed E-state index contributed by atoms with van der Waals surface area (Å²) < 4.78 is 1.03. The summed E-state index contributed by atoms with van der Waals surface area (Å²) in [5.74, 6) is 0.843. The fraction of sp³-hybridized carbons (Fsp3) is 0.533. The second kappa shape index (κ2) is 5.84. The van der Waals surface area contributed by atoms with Gasteiger partial charge < -0.3 is 5.32 Å². The van der Waals surface area contributed by atoms with E-state index >= 15 is 0 Å². The molecule has 2 aliphatic rings. The van der Waals surface area contributed by atoms with E-state index in [4.69, 9.17) is 0 Å². The van der Waals surface area contributed by atoms with Crippen LogP contribution >= 0.6 is 15.9 Å². The average Bonchev–Trinajstić information content (AvgIpc) is 3.16. The molecular weight excluding hydrogens is 318 g/mol. The first kappa shape index (κ1) is 14.0. The van der Waals surface area contributed by atoms with Crippen LogP contribution in [0, 0.1) is 5.92 Å². The molecular formula is C15H20BrN3O. The number of rotatable bonds is 4. The Hall–Kier alpha value is -0.910. The maximum absolute atomic E-state index is 12.3. The molecule has 3 N–H and O–H groups in total. The zero-order valence-corrected chi connectivity index (χ0v) is 13.1. The molecule has 0 aromatic heterocycles. The Morgan fingerprint density at radius 1 is 1.40 bits per heavy atom. The van der Waals surface area contributed by atoms with Gasteiger partial charge in [-0.15, -0.1) is 0 Å². The maximum Gasteiger partial charge on any atom is 0.239 e. The number of nitrogens with one attached hydrogen (secondary N) is 3. The lowest BCUT2D eigenvalue weighted by molar-refractivity contribution is -0.123. The van der Waals surface area contributed by atoms with Crippen LogP contribution in [0.5, 0.6) is 0 Å². The van der Waals surface area contributed by atoms with Gasteiger partial charge in [-0.1, -0.05) is 28.1 Å². The topological polar surface area (TPSA) is 53.2 Å². The Kier molecular flexibility index (Phi) is 4.10. The molecule has 1 aromatic carbocycles. The van der Waals surface area contributed by atoms with Crippen LogP contribution in [0.15, 0.2) is 28.7 Å². The van der Waals surface area contributed by atoms with E-state index in [1.807, 2.05) is 31.2 Å². The summed E-state index contributed by atoms with van der Waals surface area (Å²) >= 11 is 3.46. The molecule has 1 saturated carbocycles. The first-order chi connectivity index (χ1) is 9.63. The summed E-state index contributed by atoms with van der Waals surface area (Å²) in [6, 6.07) is 8.41. The van der Waals surface area contributed by atoms with Gasteiger partial charge in [0.15, 0.2) is 0 Å². The molecule has 0 spiro atoms. The molecule has 1 aromatic rings. The Morgan fingerprint density at radius 2 is 2.20 bits per heavy atom. The van der Waals surface area contributed by atoms with Crippen molar-refractivity contribution in [2.75, 3.05) is 0 Å². The third kappa shape index (κ3) is 3.22. The molecule has 3 unspecified atom stereocenters. The zero-order chi connectivity index (χ0) is 14.1. The highest BCUT2D eigenvalue weighted by Gasteiger charge is 2.38. The van der Waals surface area contributed by atoms with E-state index in [0.29, 0.717) is 6.04 Å². The summed E-state index contributed by atoms with van der Waals surface area (Å²) in [6.45, 7) is 2.01. The van der Waals surface area contributed by atoms with Gasteiger partial charge in [0.25, 0.3) is 0 Å². The van der Waals surface area contributed by atoms with Crippen molar-refractivity contribution >= 4 is 21.8 Å². The molecule has 4 nitrogen and oxygen atoms in total. The van der Waals surface area contributed by atoms with Crippen molar-refractivity contribution in [3.05, 3.63) is 34.3 Å². The molecule has 2 fully saturated rings. The lowest BCUT2D eigenvalue weighted by Gasteiger charge is -2.17. The van der Waals surface area contributed by atoms with Crippen molar-refractivity contribution in [3.8, 4) is 0 Å². The van der Waals surface area contributed by atoms with Gasteiger partial charge in [-0.3, -0.25) is 10.2 Å². The van der Waals surface area contributed by atoms with E-state index in [1.54, 1.807) is 0 Å². The van der Waals surface area contributed by atoms with Crippen LogP contribution in [-0.4, -0.2) is 18.0 Å². The number of hydrazine groups is 1. The van der Waals surface area contributed by atoms with Crippen LogP contribution in [0.1, 0.15) is 37.8 Å². The molecule has 108 valence electrons. The molecule has 1 heterocycles. The predicted molar refractivity (Wildman–Crippen MR) is 81.9 cm³/mol. The number of carbonyl (C=O) groups is 1. The van der Waals surface area contributed by atoms with Gasteiger partial charge in [0.05, 0.1) is 6.04 Å². The number of amides is 1. The Labute approximate surface area is 127 Å². The SMILES string of the molecule is CC(NC(=O)C1CC(C2CC2)NN1)c1cccc(Br)c1. The minimum atomic E-state index is -0.116. The van der Waals surface area contributed by atoms with Crippen molar-refractivity contribution < 1.29 is 4.79 Å². The first-order valence-corrected chi connectivity index (χ1v) is 7.99. The maximum atomic E-state index is 12.3. The number of hydrogen-bond acceptors (Lipinski definition) is 3. The fourth-order valence-corrected chi connectivity index (χ4v) is 3.15. The quantitative estimate of drug-likeness (QED) is 0.789. The minimum Gasteiger partial charge on any atom is -0.348 e. The minimum absolute atomic E-state index is 0.0155. The summed E-state index contributed by atoms with van der Waals surface area (Å²) in [6.07, 6.45) is 3.48. The van der Waals surface area contributed by atoms with Gasteiger partial charge in [-0.2, -0.15) is 0 Å². The van der Waals surface area contributed by atoms with Gasteiger partial charge in [0.1, 0.15) is 6.04 Å². The monoisotopic (exact) mass is 337 g/mol. The third-order valence-electron chi connectivity index (χ3n) is 4.15. The Morgan fingerprint density at radius 3 is 2.90 bits per heavy atom. The van der Waals surface area contributed by atoms with E-state index in [-0.39, 0.29) is 18.0 Å². The standard InChI is InChI=1S/C15H20BrN3O/c1-9(11-3-2-4-12(16)7-11)17-15(20)14-8-13(18-19-14)10-5-6-10/h2-4,7,9-10,13-14,18-19H,5-6,8H2,1H3,(H,17,20). The van der Waals surface area contributed by atoms with E-state index in [1.165, 1.54) is 12.8 Å². The first-order valence-electron chi connectivity index (χ1n) is 7.20. The molecule has 1 aliphatic carbocycles. The second-order valence-electron chi connectivity index (χ2n) is 5.81. The number of benzene rings is 1. The number of carbonyl (C=O) groups excluding carboxylic acids is 1. The molecule has 1 saturated heterocycles. The average molecular weight is 338 g/mol. The van der Waals surface area contributed by atoms with E-state index in [9.17, 15) is 4.79 Å². The van der Waals surface area contributed by atoms with Crippen LogP contribution in [0.25, 0.3) is 0 Å². The molecule has 0 radical (unpaired) electrons. The third-order valence-corrected chi connectivity index (χ3v) is 4.64. The van der Waals surface area contributed by atoms with Crippen LogP contribution in [0.4, 0.5) is 0 Å². The van der Waals surface area contributed by atoms with Crippen LogP contribution < -0.4 is 16.2 Å². The zero-order valence-electron chi connectivity index (χ0n) is 11.5. The molecule has 20 heavy (non-hydrogen) atoms. The number of hydrogen-bond donors (Lipinski definition) is 3. The highest BCUT2D eigenvalue weighted by atomic mass is 79.9. The second-order valence-corrected chi connectivity index (χ2v) is 6.72. The molecule has 1 aliphatic heterocycles. The van der Waals surface area contributed by atoms with Gasteiger partial charge in [0.2, 0.25) is 5.91 Å². The van der Waals surface area contributed by atoms with E-state index in [2.05, 4.69) is 32.1 Å². The van der Waals surface area contributed by atoms with Crippen LogP contribution in [0.2, 0.25) is 0 Å². The largest absolute Gasteiger partial charge is 0.348 e.